The monoisotopic (exact) mass is 556 g/mol. The highest BCUT2D eigenvalue weighted by Crippen LogP contribution is 2.57. The van der Waals surface area contributed by atoms with Crippen molar-refractivity contribution in [2.24, 2.45) is 0 Å². The summed E-state index contributed by atoms with van der Waals surface area (Å²) in [6.07, 6.45) is 16.1. The van der Waals surface area contributed by atoms with Gasteiger partial charge in [0.25, 0.3) is 0 Å². The van der Waals surface area contributed by atoms with E-state index < -0.39 is 16.9 Å². The number of hydrogen-bond acceptors (Lipinski definition) is 4. The number of hydrogen-bond donors (Lipinski definition) is 0. The Labute approximate surface area is 226 Å². The number of para-hydroxylation sites is 2. The second-order valence-corrected chi connectivity index (χ2v) is 12.6. The largest absolute Gasteiger partial charge is 0.447 e. The summed E-state index contributed by atoms with van der Waals surface area (Å²) in [5.74, 6) is 2.75. The molecule has 7 nitrogen and oxygen atoms in total. The van der Waals surface area contributed by atoms with E-state index in [0.717, 1.165) is 9.79 Å². The number of rotatable bonds is 8. The predicted molar refractivity (Wildman–Crippen MR) is 151 cm³/mol. The Morgan fingerprint density at radius 3 is 1.16 bits per heavy atom. The first-order chi connectivity index (χ1) is 18.8. The lowest BCUT2D eigenvalue weighted by molar-refractivity contribution is 0.410. The molecule has 0 bridgehead atoms. The normalized spacial score (nSPS) is 12.3. The number of ether oxygens (including phenoxy) is 1. The molecule has 0 saturated carbocycles. The molecule has 2 aromatic carbocycles. The maximum absolute atomic E-state index is 6.66. The van der Waals surface area contributed by atoms with Crippen molar-refractivity contribution in [3.8, 4) is 23.0 Å². The molecule has 188 valence electrons. The molecule has 10 heteroatoms. The zero-order valence-electron chi connectivity index (χ0n) is 20.0. The molecule has 0 atom stereocenters. The molecule has 0 N–H and O–H groups in total. The summed E-state index contributed by atoms with van der Waals surface area (Å²) in [4.78, 5) is 2.00. The number of fused-ring (bicyclic) bond motifs is 2. The third-order valence-electron chi connectivity index (χ3n) is 5.81. The van der Waals surface area contributed by atoms with Crippen molar-refractivity contribution < 1.29 is 13.8 Å². The van der Waals surface area contributed by atoms with E-state index in [1.165, 1.54) is 0 Å². The summed E-state index contributed by atoms with van der Waals surface area (Å²) in [6, 6.07) is 28.1. The van der Waals surface area contributed by atoms with Gasteiger partial charge in [-0.1, -0.05) is 23.9 Å². The van der Waals surface area contributed by atoms with E-state index in [4.69, 9.17) is 13.8 Å². The van der Waals surface area contributed by atoms with Crippen molar-refractivity contribution >= 4 is 28.7 Å². The summed E-state index contributed by atoms with van der Waals surface area (Å²) < 4.78 is 28.3. The van der Waals surface area contributed by atoms with Crippen molar-refractivity contribution in [1.82, 2.24) is 17.4 Å². The van der Waals surface area contributed by atoms with Gasteiger partial charge in [0.2, 0.25) is 0 Å². The molecule has 6 aromatic rings. The van der Waals surface area contributed by atoms with Gasteiger partial charge < -0.3 is 13.8 Å². The zero-order valence-corrected chi connectivity index (χ0v) is 22.6. The second kappa shape index (κ2) is 10.1. The van der Waals surface area contributed by atoms with Gasteiger partial charge >= 0.3 is 16.9 Å². The van der Waals surface area contributed by atoms with Gasteiger partial charge in [0.05, 0.1) is 9.79 Å². The highest BCUT2D eigenvalue weighted by Gasteiger charge is 2.28. The van der Waals surface area contributed by atoms with Crippen LogP contribution in [0.5, 0.6) is 23.0 Å². The maximum Gasteiger partial charge on any atom is 0.317 e. The first-order valence-corrected chi connectivity index (χ1v) is 15.1. The minimum absolute atomic E-state index is 0.682. The summed E-state index contributed by atoms with van der Waals surface area (Å²) in [5.41, 5.74) is 0. The highest BCUT2D eigenvalue weighted by molar-refractivity contribution is 7.99. The van der Waals surface area contributed by atoms with E-state index in [0.29, 0.717) is 23.0 Å². The Balaban J connectivity index is 1.24. The van der Waals surface area contributed by atoms with Gasteiger partial charge in [-0.3, -0.25) is 17.4 Å². The maximum atomic E-state index is 6.66. The van der Waals surface area contributed by atoms with Crippen LogP contribution in [0.15, 0.2) is 144 Å². The van der Waals surface area contributed by atoms with E-state index in [9.17, 15) is 0 Å². The Hall–Kier alpha value is -3.83. The summed E-state index contributed by atoms with van der Waals surface area (Å²) in [6.45, 7) is 0. The van der Waals surface area contributed by atoms with Crippen LogP contribution in [0.25, 0.3) is 0 Å². The van der Waals surface area contributed by atoms with Crippen molar-refractivity contribution in [2.45, 2.75) is 9.79 Å². The van der Waals surface area contributed by atoms with Gasteiger partial charge in [0.15, 0.2) is 23.0 Å². The minimum Gasteiger partial charge on any atom is -0.447 e. The SMILES string of the molecule is c1cc(OP(n2cccc2)n2cccc2)c2c(c1)Sc1cccc(OP(n3cccc3)n3cccc3)c1O2. The Bertz CT molecular complexity index is 1450. The van der Waals surface area contributed by atoms with Crippen LogP contribution < -0.4 is 13.8 Å². The second-order valence-electron chi connectivity index (χ2n) is 8.31. The fraction of sp³-hybridized carbons (Fsp3) is 0. The lowest BCUT2D eigenvalue weighted by Crippen LogP contribution is -2.07. The molecular formula is C28H22N4O3P2S. The first-order valence-electron chi connectivity index (χ1n) is 11.9. The van der Waals surface area contributed by atoms with Gasteiger partial charge in [-0.2, -0.15) is 0 Å². The van der Waals surface area contributed by atoms with E-state index in [2.05, 4.69) is 29.5 Å². The molecule has 5 heterocycles. The number of benzene rings is 2. The van der Waals surface area contributed by atoms with Crippen LogP contribution in [-0.2, 0) is 0 Å². The molecule has 0 unspecified atom stereocenters. The molecule has 1 aliphatic rings. The summed E-state index contributed by atoms with van der Waals surface area (Å²) in [5, 5.41) is 0. The first kappa shape index (κ1) is 23.3. The molecule has 7 rings (SSSR count). The average molecular weight is 557 g/mol. The standard InChI is InChI=1S/C28H22N4O3P2S/c1-2-16-29(15-1)36(30-17-3-4-18-30)34-23-11-9-13-25-27(23)33-28-24(12-10-14-26(28)38-25)35-37(31-19-5-6-20-31)32-21-7-8-22-32/h1-22H. The highest BCUT2D eigenvalue weighted by atomic mass is 32.2. The third-order valence-corrected chi connectivity index (χ3v) is 10.3. The molecule has 0 saturated heterocycles. The van der Waals surface area contributed by atoms with Crippen LogP contribution in [0.4, 0.5) is 0 Å². The van der Waals surface area contributed by atoms with Crippen LogP contribution in [-0.4, -0.2) is 17.4 Å². The molecule has 38 heavy (non-hydrogen) atoms. The molecule has 0 amide bonds. The smallest absolute Gasteiger partial charge is 0.317 e. The molecule has 4 aromatic heterocycles. The van der Waals surface area contributed by atoms with Gasteiger partial charge in [-0.15, -0.1) is 0 Å². The summed E-state index contributed by atoms with van der Waals surface area (Å²) in [7, 11) is -2.39. The van der Waals surface area contributed by atoms with Gasteiger partial charge in [0.1, 0.15) is 0 Å². The Morgan fingerprint density at radius 1 is 0.474 bits per heavy atom. The van der Waals surface area contributed by atoms with Crippen LogP contribution in [0.2, 0.25) is 0 Å². The topological polar surface area (TPSA) is 47.4 Å². The predicted octanol–water partition coefficient (Wildman–Crippen LogP) is 8.55. The van der Waals surface area contributed by atoms with E-state index in [1.54, 1.807) is 11.8 Å². The third kappa shape index (κ3) is 4.41. The van der Waals surface area contributed by atoms with Crippen molar-refractivity contribution in [1.29, 1.82) is 0 Å². The zero-order chi connectivity index (χ0) is 25.3. The lowest BCUT2D eigenvalue weighted by atomic mass is 10.3. The molecule has 0 aliphatic carbocycles. The summed E-state index contributed by atoms with van der Waals surface area (Å²) >= 11 is 1.66. The minimum atomic E-state index is -1.20. The number of nitrogens with zero attached hydrogens (tertiary/aromatic N) is 4. The Kier molecular flexibility index (Phi) is 6.22. The average Bonchev–Trinajstić information content (AvgIpc) is 3.78. The molecule has 0 fully saturated rings. The van der Waals surface area contributed by atoms with Gasteiger partial charge in [-0.25, -0.2) is 0 Å². The quantitative estimate of drug-likeness (QED) is 0.176. The van der Waals surface area contributed by atoms with Crippen LogP contribution >= 0.6 is 28.7 Å². The van der Waals surface area contributed by atoms with Gasteiger partial charge in [-0.05, 0) is 72.8 Å². The van der Waals surface area contributed by atoms with E-state index >= 15 is 0 Å². The fourth-order valence-electron chi connectivity index (χ4n) is 4.08. The fourth-order valence-corrected chi connectivity index (χ4v) is 8.10. The van der Waals surface area contributed by atoms with E-state index in [-0.39, 0.29) is 0 Å². The molecule has 0 spiro atoms. The lowest BCUT2D eigenvalue weighted by Gasteiger charge is -2.27. The van der Waals surface area contributed by atoms with Crippen molar-refractivity contribution in [3.63, 3.8) is 0 Å². The van der Waals surface area contributed by atoms with Crippen LogP contribution in [0, 0.1) is 0 Å². The van der Waals surface area contributed by atoms with Gasteiger partial charge in [0, 0.05) is 49.6 Å². The van der Waals surface area contributed by atoms with Crippen molar-refractivity contribution in [3.05, 3.63) is 135 Å². The van der Waals surface area contributed by atoms with Crippen LogP contribution in [0.3, 0.4) is 0 Å². The molecule has 1 aliphatic heterocycles. The van der Waals surface area contributed by atoms with Crippen molar-refractivity contribution in [2.75, 3.05) is 0 Å². The Morgan fingerprint density at radius 2 is 0.816 bits per heavy atom. The van der Waals surface area contributed by atoms with E-state index in [1.807, 2.05) is 122 Å². The molecular weight excluding hydrogens is 534 g/mol. The van der Waals surface area contributed by atoms with Crippen LogP contribution in [0.1, 0.15) is 0 Å². The molecule has 0 radical (unpaired) electrons. The number of aromatic nitrogens is 4.